The molecule has 0 spiro atoms. The summed E-state index contributed by atoms with van der Waals surface area (Å²) in [6.07, 6.45) is 10.4. The fraction of sp³-hybridized carbons (Fsp3) is 0.706. The molecule has 1 N–H and O–H groups in total. The van der Waals surface area contributed by atoms with Gasteiger partial charge in [0, 0.05) is 31.5 Å². The molecule has 1 aliphatic heterocycles. The molecule has 5 nitrogen and oxygen atoms in total. The first-order valence-electron chi connectivity index (χ1n) is 8.56. The second-order valence-corrected chi connectivity index (χ2v) is 6.71. The Kier molecular flexibility index (Phi) is 4.90. The number of piperidine rings is 1. The third-order valence-corrected chi connectivity index (χ3v) is 5.07. The van der Waals surface area contributed by atoms with Crippen LogP contribution in [0.15, 0.2) is 18.5 Å². The Morgan fingerprint density at radius 1 is 1.18 bits per heavy atom. The smallest absolute Gasteiger partial charge is 0.225 e. The topological polar surface area (TPSA) is 58.1 Å². The van der Waals surface area contributed by atoms with E-state index in [1.54, 1.807) is 12.4 Å². The van der Waals surface area contributed by atoms with Crippen LogP contribution in [0.3, 0.4) is 0 Å². The molecule has 1 amide bonds. The Morgan fingerprint density at radius 2 is 1.95 bits per heavy atom. The molecule has 0 unspecified atom stereocenters. The highest BCUT2D eigenvalue weighted by atomic mass is 16.2. The minimum Gasteiger partial charge on any atom is -0.353 e. The summed E-state index contributed by atoms with van der Waals surface area (Å²) < 4.78 is 0. The average molecular weight is 302 g/mol. The summed E-state index contributed by atoms with van der Waals surface area (Å²) in [6, 6.07) is 2.19. The first-order chi connectivity index (χ1) is 10.7. The molecule has 1 saturated carbocycles. The van der Waals surface area contributed by atoms with E-state index in [-0.39, 0.29) is 11.8 Å². The molecule has 5 heteroatoms. The van der Waals surface area contributed by atoms with Crippen LogP contribution >= 0.6 is 0 Å². The van der Waals surface area contributed by atoms with Gasteiger partial charge in [0.2, 0.25) is 11.9 Å². The molecule has 0 bridgehead atoms. The lowest BCUT2D eigenvalue weighted by molar-refractivity contribution is -0.126. The normalized spacial score (nSPS) is 29.1. The molecule has 1 aromatic rings. The third kappa shape index (κ3) is 3.57. The van der Waals surface area contributed by atoms with Crippen LogP contribution in [-0.4, -0.2) is 35.0 Å². The van der Waals surface area contributed by atoms with Gasteiger partial charge >= 0.3 is 0 Å². The summed E-state index contributed by atoms with van der Waals surface area (Å²) in [7, 11) is 0. The van der Waals surface area contributed by atoms with E-state index in [1.165, 1.54) is 19.3 Å². The number of hydrogen-bond donors (Lipinski definition) is 1. The number of rotatable bonds is 3. The van der Waals surface area contributed by atoms with Crippen molar-refractivity contribution in [2.75, 3.05) is 18.0 Å². The Morgan fingerprint density at radius 3 is 2.73 bits per heavy atom. The maximum atomic E-state index is 12.6. The van der Waals surface area contributed by atoms with E-state index in [1.807, 2.05) is 6.07 Å². The second-order valence-electron chi connectivity index (χ2n) is 6.71. The molecular formula is C17H26N4O. The molecule has 2 heterocycles. The van der Waals surface area contributed by atoms with Gasteiger partial charge in [-0.3, -0.25) is 4.79 Å². The number of nitrogens with one attached hydrogen (secondary N) is 1. The summed E-state index contributed by atoms with van der Waals surface area (Å²) >= 11 is 0. The summed E-state index contributed by atoms with van der Waals surface area (Å²) in [4.78, 5) is 23.4. The Labute approximate surface area is 132 Å². The largest absolute Gasteiger partial charge is 0.353 e. The van der Waals surface area contributed by atoms with E-state index in [0.29, 0.717) is 12.0 Å². The van der Waals surface area contributed by atoms with Crippen molar-refractivity contribution in [3.05, 3.63) is 18.5 Å². The molecule has 0 aromatic carbocycles. The summed E-state index contributed by atoms with van der Waals surface area (Å²) in [6.45, 7) is 3.93. The third-order valence-electron chi connectivity index (χ3n) is 5.07. The fourth-order valence-corrected chi connectivity index (χ4v) is 3.66. The lowest BCUT2D eigenvalue weighted by atomic mass is 9.85. The van der Waals surface area contributed by atoms with Gasteiger partial charge in [0.1, 0.15) is 0 Å². The van der Waals surface area contributed by atoms with E-state index >= 15 is 0 Å². The van der Waals surface area contributed by atoms with Crippen molar-refractivity contribution in [2.24, 2.45) is 11.8 Å². The number of amides is 1. The number of nitrogens with zero attached hydrogens (tertiary/aromatic N) is 3. The van der Waals surface area contributed by atoms with Gasteiger partial charge < -0.3 is 10.2 Å². The maximum Gasteiger partial charge on any atom is 0.225 e. The van der Waals surface area contributed by atoms with Crippen LogP contribution in [-0.2, 0) is 4.79 Å². The lowest BCUT2D eigenvalue weighted by Gasteiger charge is -2.35. The van der Waals surface area contributed by atoms with E-state index in [9.17, 15) is 4.79 Å². The highest BCUT2D eigenvalue weighted by molar-refractivity contribution is 5.79. The Balaban J connectivity index is 1.58. The molecule has 1 saturated heterocycles. The molecule has 1 aliphatic carbocycles. The van der Waals surface area contributed by atoms with Crippen LogP contribution in [0.5, 0.6) is 0 Å². The fourth-order valence-electron chi connectivity index (χ4n) is 3.66. The van der Waals surface area contributed by atoms with Crippen molar-refractivity contribution in [2.45, 2.75) is 51.5 Å². The lowest BCUT2D eigenvalue weighted by Crippen LogP contribution is -2.48. The standard InChI is InChI=1S/C17H26N4O/c1-13-6-2-3-8-15(13)20-16(22)14-7-4-11-21(12-14)17-18-9-5-10-19-17/h5,9-10,13-15H,2-4,6-8,11-12H2,1H3,(H,20,22)/t13-,14+,15-/m1/s1. The maximum absolute atomic E-state index is 12.6. The van der Waals surface area contributed by atoms with Gasteiger partial charge in [0.25, 0.3) is 0 Å². The number of carbonyl (C=O) groups is 1. The highest BCUT2D eigenvalue weighted by Crippen LogP contribution is 2.25. The van der Waals surface area contributed by atoms with Crippen LogP contribution in [0.25, 0.3) is 0 Å². The second kappa shape index (κ2) is 7.07. The van der Waals surface area contributed by atoms with Crippen LogP contribution in [0, 0.1) is 11.8 Å². The summed E-state index contributed by atoms with van der Waals surface area (Å²) in [5.41, 5.74) is 0. The predicted octanol–water partition coefficient (Wildman–Crippen LogP) is 2.39. The molecule has 0 radical (unpaired) electrons. The van der Waals surface area contributed by atoms with Gasteiger partial charge in [-0.15, -0.1) is 0 Å². The van der Waals surface area contributed by atoms with Crippen molar-refractivity contribution < 1.29 is 4.79 Å². The van der Waals surface area contributed by atoms with Gasteiger partial charge in [-0.05, 0) is 37.7 Å². The number of anilines is 1. The molecular weight excluding hydrogens is 276 g/mol. The highest BCUT2D eigenvalue weighted by Gasteiger charge is 2.30. The minimum atomic E-state index is 0.0617. The van der Waals surface area contributed by atoms with Crippen molar-refractivity contribution >= 4 is 11.9 Å². The zero-order valence-corrected chi connectivity index (χ0v) is 13.4. The molecule has 2 aliphatic rings. The van der Waals surface area contributed by atoms with E-state index in [2.05, 4.69) is 27.1 Å². The molecule has 3 rings (SSSR count). The molecule has 120 valence electrons. The molecule has 22 heavy (non-hydrogen) atoms. The van der Waals surface area contributed by atoms with E-state index in [4.69, 9.17) is 0 Å². The van der Waals surface area contributed by atoms with Crippen LogP contribution < -0.4 is 10.2 Å². The molecule has 1 aromatic heterocycles. The quantitative estimate of drug-likeness (QED) is 0.931. The van der Waals surface area contributed by atoms with Crippen LogP contribution in [0.2, 0.25) is 0 Å². The van der Waals surface area contributed by atoms with Crippen LogP contribution in [0.4, 0.5) is 5.95 Å². The van der Waals surface area contributed by atoms with E-state index in [0.717, 1.165) is 38.3 Å². The Bertz CT molecular complexity index is 493. The zero-order chi connectivity index (χ0) is 15.4. The molecule has 2 fully saturated rings. The first-order valence-corrected chi connectivity index (χ1v) is 8.56. The SMILES string of the molecule is C[C@@H]1CCCC[C@H]1NC(=O)[C@H]1CCCN(c2ncccn2)C1. The van der Waals surface area contributed by atoms with Gasteiger partial charge in [0.15, 0.2) is 0 Å². The monoisotopic (exact) mass is 302 g/mol. The van der Waals surface area contributed by atoms with Gasteiger partial charge in [0.05, 0.1) is 5.92 Å². The Hall–Kier alpha value is -1.65. The van der Waals surface area contributed by atoms with Gasteiger partial charge in [-0.1, -0.05) is 19.8 Å². The van der Waals surface area contributed by atoms with Crippen molar-refractivity contribution in [3.63, 3.8) is 0 Å². The van der Waals surface area contributed by atoms with Crippen LogP contribution in [0.1, 0.15) is 45.4 Å². The van der Waals surface area contributed by atoms with E-state index < -0.39 is 0 Å². The first kappa shape index (κ1) is 15.3. The van der Waals surface area contributed by atoms with Gasteiger partial charge in [-0.2, -0.15) is 0 Å². The minimum absolute atomic E-state index is 0.0617. The average Bonchev–Trinajstić information content (AvgIpc) is 2.58. The van der Waals surface area contributed by atoms with Crippen molar-refractivity contribution in [1.29, 1.82) is 0 Å². The van der Waals surface area contributed by atoms with Crippen molar-refractivity contribution in [1.82, 2.24) is 15.3 Å². The summed E-state index contributed by atoms with van der Waals surface area (Å²) in [5.74, 6) is 1.63. The molecule has 3 atom stereocenters. The zero-order valence-electron chi connectivity index (χ0n) is 13.4. The van der Waals surface area contributed by atoms with Crippen molar-refractivity contribution in [3.8, 4) is 0 Å². The number of hydrogen-bond acceptors (Lipinski definition) is 4. The summed E-state index contributed by atoms with van der Waals surface area (Å²) in [5, 5.41) is 3.30. The number of carbonyl (C=O) groups excluding carboxylic acids is 1. The predicted molar refractivity (Wildman–Crippen MR) is 86.5 cm³/mol. The van der Waals surface area contributed by atoms with Gasteiger partial charge in [-0.25, -0.2) is 9.97 Å². The number of aromatic nitrogens is 2.